The number of methoxy groups -OCH3 is 1. The van der Waals surface area contributed by atoms with Crippen molar-refractivity contribution in [2.75, 3.05) is 13.7 Å². The summed E-state index contributed by atoms with van der Waals surface area (Å²) in [6, 6.07) is 18.0. The molecule has 0 saturated heterocycles. The average molecular weight is 395 g/mol. The number of carbonyl (C=O) groups excluding carboxylic acids is 2. The Kier molecular flexibility index (Phi) is 7.45. The monoisotopic (exact) mass is 394 g/mol. The minimum atomic E-state index is -0.774. The molecule has 1 unspecified atom stereocenters. The Morgan fingerprint density at radius 3 is 2.28 bits per heavy atom. The van der Waals surface area contributed by atoms with Crippen molar-refractivity contribution in [3.8, 4) is 5.75 Å². The summed E-state index contributed by atoms with van der Waals surface area (Å²) in [5, 5.41) is 0. The maximum Gasteiger partial charge on any atom is 0.316 e. The fraction of sp³-hybridized carbons (Fsp3) is 0.440. The normalized spacial score (nSPS) is 19.9. The molecular weight excluding hydrogens is 364 g/mol. The van der Waals surface area contributed by atoms with Crippen LogP contribution >= 0.6 is 0 Å². The number of carbonyl (C=O) groups is 2. The van der Waals surface area contributed by atoms with Crippen molar-refractivity contribution < 1.29 is 19.1 Å². The van der Waals surface area contributed by atoms with E-state index in [4.69, 9.17) is 9.47 Å². The van der Waals surface area contributed by atoms with Crippen LogP contribution in [0.15, 0.2) is 54.6 Å². The second-order valence-corrected chi connectivity index (χ2v) is 7.68. The lowest BCUT2D eigenvalue weighted by Gasteiger charge is -2.30. The Bertz CT molecular complexity index is 807. The first-order valence-electron chi connectivity index (χ1n) is 10.5. The number of rotatable bonds is 8. The summed E-state index contributed by atoms with van der Waals surface area (Å²) < 4.78 is 10.7. The van der Waals surface area contributed by atoms with Gasteiger partial charge in [-0.3, -0.25) is 9.59 Å². The molecule has 0 aromatic heterocycles. The molecule has 0 bridgehead atoms. The van der Waals surface area contributed by atoms with Crippen molar-refractivity contribution in [1.29, 1.82) is 0 Å². The summed E-state index contributed by atoms with van der Waals surface area (Å²) in [5.74, 6) is -0.0732. The smallest absolute Gasteiger partial charge is 0.316 e. The summed E-state index contributed by atoms with van der Waals surface area (Å²) in [6.07, 6.45) is 3.91. The molecule has 0 radical (unpaired) electrons. The van der Waals surface area contributed by atoms with Gasteiger partial charge in [0.2, 0.25) is 0 Å². The van der Waals surface area contributed by atoms with Gasteiger partial charge in [-0.25, -0.2) is 0 Å². The van der Waals surface area contributed by atoms with E-state index >= 15 is 0 Å². The first kappa shape index (κ1) is 21.1. The van der Waals surface area contributed by atoms with Gasteiger partial charge >= 0.3 is 5.97 Å². The summed E-state index contributed by atoms with van der Waals surface area (Å²) in [7, 11) is 1.60. The lowest BCUT2D eigenvalue weighted by molar-refractivity contribution is -0.152. The van der Waals surface area contributed by atoms with Gasteiger partial charge in [-0.05, 0) is 62.1 Å². The van der Waals surface area contributed by atoms with Crippen LogP contribution in [-0.2, 0) is 20.7 Å². The van der Waals surface area contributed by atoms with Gasteiger partial charge in [-0.1, -0.05) is 48.5 Å². The van der Waals surface area contributed by atoms with Gasteiger partial charge < -0.3 is 9.47 Å². The highest BCUT2D eigenvalue weighted by Gasteiger charge is 2.36. The van der Waals surface area contributed by atoms with Crippen LogP contribution in [0.25, 0.3) is 0 Å². The molecule has 4 heteroatoms. The van der Waals surface area contributed by atoms with E-state index in [9.17, 15) is 9.59 Å². The minimum Gasteiger partial charge on any atom is -0.496 e. The first-order chi connectivity index (χ1) is 14.1. The van der Waals surface area contributed by atoms with Crippen LogP contribution in [0.1, 0.15) is 49.7 Å². The highest BCUT2D eigenvalue weighted by molar-refractivity contribution is 6.00. The molecule has 1 aliphatic rings. The highest BCUT2D eigenvalue weighted by atomic mass is 16.5. The zero-order chi connectivity index (χ0) is 20.6. The number of esters is 1. The van der Waals surface area contributed by atoms with Gasteiger partial charge in [-0.15, -0.1) is 0 Å². The number of hydrogen-bond acceptors (Lipinski definition) is 4. The van der Waals surface area contributed by atoms with Gasteiger partial charge in [0.25, 0.3) is 0 Å². The fourth-order valence-electron chi connectivity index (χ4n) is 4.36. The number of ether oxygens (including phenoxy) is 2. The van der Waals surface area contributed by atoms with Crippen molar-refractivity contribution in [2.24, 2.45) is 11.8 Å². The fourth-order valence-corrected chi connectivity index (χ4v) is 4.36. The summed E-state index contributed by atoms with van der Waals surface area (Å²) in [4.78, 5) is 26.0. The Labute approximate surface area is 173 Å². The van der Waals surface area contributed by atoms with Gasteiger partial charge in [0.05, 0.1) is 13.7 Å². The van der Waals surface area contributed by atoms with E-state index in [2.05, 4.69) is 24.3 Å². The van der Waals surface area contributed by atoms with E-state index in [0.717, 1.165) is 31.2 Å². The molecule has 0 N–H and O–H groups in total. The van der Waals surface area contributed by atoms with E-state index in [-0.39, 0.29) is 18.3 Å². The Morgan fingerprint density at radius 2 is 1.62 bits per heavy atom. The molecule has 154 valence electrons. The molecule has 0 heterocycles. The van der Waals surface area contributed by atoms with Crippen molar-refractivity contribution in [1.82, 2.24) is 0 Å². The van der Waals surface area contributed by atoms with E-state index in [1.165, 1.54) is 5.56 Å². The van der Waals surface area contributed by atoms with Crippen molar-refractivity contribution >= 4 is 11.8 Å². The molecular formula is C25H30O4. The average Bonchev–Trinajstić information content (AvgIpc) is 2.78. The predicted molar refractivity (Wildman–Crippen MR) is 113 cm³/mol. The molecule has 4 nitrogen and oxygen atoms in total. The molecule has 0 aliphatic heterocycles. The number of ketones is 1. The van der Waals surface area contributed by atoms with Gasteiger partial charge in [0, 0.05) is 5.92 Å². The van der Waals surface area contributed by atoms with Crippen LogP contribution < -0.4 is 4.74 Å². The van der Waals surface area contributed by atoms with Crippen molar-refractivity contribution in [3.05, 3.63) is 65.7 Å². The van der Waals surface area contributed by atoms with Crippen LogP contribution in [0.4, 0.5) is 0 Å². The van der Waals surface area contributed by atoms with Gasteiger partial charge in [-0.2, -0.15) is 0 Å². The zero-order valence-corrected chi connectivity index (χ0v) is 17.3. The minimum absolute atomic E-state index is 0.0147. The zero-order valence-electron chi connectivity index (χ0n) is 17.3. The summed E-state index contributed by atoms with van der Waals surface area (Å²) >= 11 is 0. The number of benzene rings is 2. The second-order valence-electron chi connectivity index (χ2n) is 7.68. The Balaban J connectivity index is 1.71. The molecule has 1 fully saturated rings. The van der Waals surface area contributed by atoms with E-state index in [1.807, 2.05) is 30.3 Å². The summed E-state index contributed by atoms with van der Waals surface area (Å²) in [5.41, 5.74) is 2.20. The highest BCUT2D eigenvalue weighted by Crippen LogP contribution is 2.37. The number of hydrogen-bond donors (Lipinski definition) is 0. The third kappa shape index (κ3) is 5.26. The molecule has 0 amide bonds. The summed E-state index contributed by atoms with van der Waals surface area (Å²) in [6.45, 7) is 2.04. The number of Topliss-reactive ketones (excluding diaryl/α,β-unsaturated/α-hetero) is 1. The molecule has 3 rings (SSSR count). The standard InChI is InChI=1S/C25H30O4/c1-3-29-25(27)22(17-21-11-7-8-12-23(21)28-2)24(26)20-15-13-19(14-16-20)18-9-5-4-6-10-18/h4-12,19-20,22H,3,13-17H2,1-2H3. The van der Waals surface area contributed by atoms with Gasteiger partial charge in [0.1, 0.15) is 11.7 Å². The molecule has 29 heavy (non-hydrogen) atoms. The molecule has 1 aliphatic carbocycles. The SMILES string of the molecule is CCOC(=O)C(Cc1ccccc1OC)C(=O)C1CCC(c2ccccc2)CC1. The van der Waals surface area contributed by atoms with Gasteiger partial charge in [0.15, 0.2) is 5.78 Å². The van der Waals surface area contributed by atoms with Crippen molar-refractivity contribution in [2.45, 2.75) is 44.9 Å². The van der Waals surface area contributed by atoms with E-state index < -0.39 is 11.9 Å². The van der Waals surface area contributed by atoms with Crippen LogP contribution in [0, 0.1) is 11.8 Å². The predicted octanol–water partition coefficient (Wildman–Crippen LogP) is 4.96. The molecule has 2 aromatic rings. The third-order valence-corrected chi connectivity index (χ3v) is 5.93. The van der Waals surface area contributed by atoms with Crippen LogP contribution in [-0.4, -0.2) is 25.5 Å². The third-order valence-electron chi connectivity index (χ3n) is 5.93. The quantitative estimate of drug-likeness (QED) is 0.469. The maximum absolute atomic E-state index is 13.3. The number of para-hydroxylation sites is 1. The molecule has 2 aromatic carbocycles. The first-order valence-corrected chi connectivity index (χ1v) is 10.5. The second kappa shape index (κ2) is 10.2. The Hall–Kier alpha value is -2.62. The Morgan fingerprint density at radius 1 is 0.966 bits per heavy atom. The van der Waals surface area contributed by atoms with Crippen molar-refractivity contribution in [3.63, 3.8) is 0 Å². The lowest BCUT2D eigenvalue weighted by Crippen LogP contribution is -2.34. The lowest BCUT2D eigenvalue weighted by atomic mass is 9.74. The van der Waals surface area contributed by atoms with E-state index in [1.54, 1.807) is 14.0 Å². The van der Waals surface area contributed by atoms with Crippen LogP contribution in [0.3, 0.4) is 0 Å². The maximum atomic E-state index is 13.3. The molecule has 0 spiro atoms. The topological polar surface area (TPSA) is 52.6 Å². The van der Waals surface area contributed by atoms with E-state index in [0.29, 0.717) is 18.1 Å². The molecule has 1 atom stereocenters. The largest absolute Gasteiger partial charge is 0.496 e. The molecule has 1 saturated carbocycles. The van der Waals surface area contributed by atoms with Crippen LogP contribution in [0.2, 0.25) is 0 Å². The van der Waals surface area contributed by atoms with Crippen LogP contribution in [0.5, 0.6) is 5.75 Å².